The van der Waals surface area contributed by atoms with Crippen LogP contribution < -0.4 is 0 Å². The van der Waals surface area contributed by atoms with Crippen LogP contribution in [0.3, 0.4) is 0 Å². The Labute approximate surface area is 232 Å². The topological polar surface area (TPSA) is 25.8 Å². The van der Waals surface area contributed by atoms with Crippen LogP contribution in [-0.2, 0) is 0 Å². The molecule has 186 valence electrons. The Bertz CT molecular complexity index is 2080. The number of hydrogen-bond donors (Lipinski definition) is 0. The zero-order valence-electron chi connectivity index (χ0n) is 22.3. The normalized spacial score (nSPS) is 12.2. The molecule has 0 bridgehead atoms. The van der Waals surface area contributed by atoms with Gasteiger partial charge in [-0.2, -0.15) is 0 Å². The van der Waals surface area contributed by atoms with E-state index in [9.17, 15) is 0 Å². The first-order valence-electron chi connectivity index (χ1n) is 13.9. The molecule has 0 fully saturated rings. The van der Waals surface area contributed by atoms with Gasteiger partial charge in [0.25, 0.3) is 0 Å². The first kappa shape index (κ1) is 21.8. The van der Waals surface area contributed by atoms with Gasteiger partial charge in [0.15, 0.2) is 0 Å². The van der Waals surface area contributed by atoms with Crippen LogP contribution in [0.4, 0.5) is 0 Å². The van der Waals surface area contributed by atoms with E-state index in [0.29, 0.717) is 0 Å². The van der Waals surface area contributed by atoms with E-state index in [1.165, 1.54) is 66.8 Å². The van der Waals surface area contributed by atoms with Gasteiger partial charge in [-0.15, -0.1) is 0 Å². The van der Waals surface area contributed by atoms with Crippen LogP contribution in [0.25, 0.3) is 88.6 Å². The van der Waals surface area contributed by atoms with Crippen molar-refractivity contribution in [3.63, 3.8) is 0 Å². The largest absolute Gasteiger partial charge is 0.251 e. The summed E-state index contributed by atoms with van der Waals surface area (Å²) in [5.41, 5.74) is 19.6. The van der Waals surface area contributed by atoms with Crippen molar-refractivity contribution in [3.05, 3.63) is 121 Å². The van der Waals surface area contributed by atoms with E-state index >= 15 is 0 Å². The van der Waals surface area contributed by atoms with Crippen LogP contribution >= 0.6 is 0 Å². The van der Waals surface area contributed by atoms with Gasteiger partial charge >= 0.3 is 0 Å². The Morgan fingerprint density at radius 1 is 0.350 bits per heavy atom. The fraction of sp³-hybridized carbons (Fsp3) is 0.0526. The Hall–Kier alpha value is -5.08. The molecule has 0 aliphatic heterocycles. The SMILES string of the molecule is Cc1cc(-c2cccc3c2-c2ccccc2-3)c2ccc3c(-c4cccc5c4-c4ccccc4-5)cc(C)nc3c2n1. The lowest BCUT2D eigenvalue weighted by Gasteiger charge is -2.28. The fourth-order valence-electron chi connectivity index (χ4n) is 7.01. The first-order chi connectivity index (χ1) is 19.7. The molecule has 2 nitrogen and oxygen atoms in total. The zero-order chi connectivity index (χ0) is 26.5. The maximum atomic E-state index is 5.11. The molecule has 0 amide bonds. The number of hydrogen-bond acceptors (Lipinski definition) is 2. The summed E-state index contributed by atoms with van der Waals surface area (Å²) >= 11 is 0. The Kier molecular flexibility index (Phi) is 4.22. The van der Waals surface area contributed by atoms with Gasteiger partial charge in [-0.05, 0) is 92.7 Å². The van der Waals surface area contributed by atoms with Crippen molar-refractivity contribution < 1.29 is 0 Å². The fourth-order valence-corrected chi connectivity index (χ4v) is 7.01. The zero-order valence-corrected chi connectivity index (χ0v) is 22.3. The summed E-state index contributed by atoms with van der Waals surface area (Å²) < 4.78 is 0. The maximum absolute atomic E-state index is 5.11. The minimum Gasteiger partial charge on any atom is -0.251 e. The molecule has 0 unspecified atom stereocenters. The molecule has 2 aromatic heterocycles. The van der Waals surface area contributed by atoms with E-state index in [-0.39, 0.29) is 0 Å². The van der Waals surface area contributed by atoms with E-state index in [1.54, 1.807) is 0 Å². The average Bonchev–Trinajstić information content (AvgIpc) is 2.97. The number of rotatable bonds is 2. The molecule has 9 rings (SSSR count). The summed E-state index contributed by atoms with van der Waals surface area (Å²) in [5, 5.41) is 2.29. The molecule has 2 heterocycles. The number of aryl methyl sites for hydroxylation is 2. The Balaban J connectivity index is 1.31. The van der Waals surface area contributed by atoms with Gasteiger partial charge in [0.2, 0.25) is 0 Å². The quantitative estimate of drug-likeness (QED) is 0.217. The summed E-state index contributed by atoms with van der Waals surface area (Å²) in [6.45, 7) is 4.19. The van der Waals surface area contributed by atoms with Crippen LogP contribution in [0.5, 0.6) is 0 Å². The van der Waals surface area contributed by atoms with Gasteiger partial charge < -0.3 is 0 Å². The monoisotopic (exact) mass is 508 g/mol. The predicted molar refractivity (Wildman–Crippen MR) is 166 cm³/mol. The molecule has 0 radical (unpaired) electrons. The van der Waals surface area contributed by atoms with E-state index in [0.717, 1.165) is 33.2 Å². The molecule has 0 N–H and O–H groups in total. The first-order valence-corrected chi connectivity index (χ1v) is 13.9. The minimum absolute atomic E-state index is 0.970. The molecule has 0 saturated heterocycles. The maximum Gasteiger partial charge on any atom is 0.0974 e. The number of pyridine rings is 2. The molecule has 2 heteroatoms. The third-order valence-corrected chi connectivity index (χ3v) is 8.70. The van der Waals surface area contributed by atoms with Gasteiger partial charge in [-0.25, -0.2) is 0 Å². The van der Waals surface area contributed by atoms with Crippen LogP contribution in [0.15, 0.2) is 109 Å². The second-order valence-electron chi connectivity index (χ2n) is 11.0. The van der Waals surface area contributed by atoms with Gasteiger partial charge in [0.1, 0.15) is 0 Å². The number of aromatic nitrogens is 2. The highest BCUT2D eigenvalue weighted by Crippen LogP contribution is 2.54. The lowest BCUT2D eigenvalue weighted by atomic mass is 9.76. The number of nitrogens with zero attached hydrogens (tertiary/aromatic N) is 2. The van der Waals surface area contributed by atoms with Crippen LogP contribution in [0.2, 0.25) is 0 Å². The molecule has 2 aliphatic rings. The molecule has 0 spiro atoms. The van der Waals surface area contributed by atoms with E-state index in [2.05, 4.69) is 123 Å². The summed E-state index contributed by atoms with van der Waals surface area (Å²) in [6.07, 6.45) is 0. The summed E-state index contributed by atoms with van der Waals surface area (Å²) in [4.78, 5) is 10.2. The van der Waals surface area contributed by atoms with Crippen molar-refractivity contribution in [2.24, 2.45) is 0 Å². The predicted octanol–water partition coefficient (Wildman–Crippen LogP) is 10.0. The third-order valence-electron chi connectivity index (χ3n) is 8.70. The summed E-state index contributed by atoms with van der Waals surface area (Å²) in [7, 11) is 0. The number of fused-ring (bicyclic) bond motifs is 11. The highest BCUT2D eigenvalue weighted by atomic mass is 14.8. The molecule has 7 aromatic rings. The van der Waals surface area contributed by atoms with Crippen LogP contribution in [-0.4, -0.2) is 9.97 Å². The van der Waals surface area contributed by atoms with Crippen molar-refractivity contribution in [2.75, 3.05) is 0 Å². The summed E-state index contributed by atoms with van der Waals surface area (Å²) in [5.74, 6) is 0. The molecular formula is C38H24N2. The average molecular weight is 509 g/mol. The van der Waals surface area contributed by atoms with Gasteiger partial charge in [-0.3, -0.25) is 9.97 Å². The Morgan fingerprint density at radius 2 is 0.700 bits per heavy atom. The van der Waals surface area contributed by atoms with E-state index in [1.807, 2.05) is 0 Å². The lowest BCUT2D eigenvalue weighted by molar-refractivity contribution is 1.23. The third kappa shape index (κ3) is 2.78. The number of benzene rings is 5. The molecule has 2 aliphatic carbocycles. The highest BCUT2D eigenvalue weighted by Gasteiger charge is 2.28. The van der Waals surface area contributed by atoms with E-state index in [4.69, 9.17) is 9.97 Å². The standard InChI is InChI=1S/C38H24N2/c1-21-19-33(29-15-7-13-27-23-9-3-5-11-25(23)35(27)29)31-17-18-32-34(20-22(2)40-38(32)37(31)39-21)30-16-8-14-28-24-10-4-6-12-26(24)36(28)30/h3-20H,1-2H3. The smallest absolute Gasteiger partial charge is 0.0974 e. The second-order valence-corrected chi connectivity index (χ2v) is 11.0. The van der Waals surface area contributed by atoms with Gasteiger partial charge in [0, 0.05) is 22.2 Å². The Morgan fingerprint density at radius 3 is 1.12 bits per heavy atom. The summed E-state index contributed by atoms with van der Waals surface area (Å²) in [6, 6.07) is 39.7. The lowest BCUT2D eigenvalue weighted by Crippen LogP contribution is -2.02. The van der Waals surface area contributed by atoms with Crippen molar-refractivity contribution in [1.29, 1.82) is 0 Å². The molecule has 5 aromatic carbocycles. The highest BCUT2D eigenvalue weighted by molar-refractivity contribution is 6.17. The second kappa shape index (κ2) is 7.74. The van der Waals surface area contributed by atoms with E-state index < -0.39 is 0 Å². The van der Waals surface area contributed by atoms with Gasteiger partial charge in [0.05, 0.1) is 11.0 Å². The molecule has 0 atom stereocenters. The van der Waals surface area contributed by atoms with Crippen molar-refractivity contribution in [3.8, 4) is 66.8 Å². The van der Waals surface area contributed by atoms with Crippen LogP contribution in [0.1, 0.15) is 11.4 Å². The molecular weight excluding hydrogens is 484 g/mol. The van der Waals surface area contributed by atoms with Crippen LogP contribution in [0, 0.1) is 13.8 Å². The van der Waals surface area contributed by atoms with Crippen molar-refractivity contribution in [1.82, 2.24) is 9.97 Å². The molecule has 0 saturated carbocycles. The van der Waals surface area contributed by atoms with Gasteiger partial charge in [-0.1, -0.05) is 97.1 Å². The van der Waals surface area contributed by atoms with Crippen molar-refractivity contribution >= 4 is 21.8 Å². The molecule has 40 heavy (non-hydrogen) atoms. The van der Waals surface area contributed by atoms with Crippen molar-refractivity contribution in [2.45, 2.75) is 13.8 Å². The minimum atomic E-state index is 0.970.